The van der Waals surface area contributed by atoms with Gasteiger partial charge < -0.3 is 10.4 Å². The molecule has 4 nitrogen and oxygen atoms in total. The van der Waals surface area contributed by atoms with Gasteiger partial charge in [-0.2, -0.15) is 0 Å². The molecule has 0 radical (unpaired) electrons. The second kappa shape index (κ2) is 8.58. The molecule has 0 aliphatic carbocycles. The maximum Gasteiger partial charge on any atom is 0.303 e. The van der Waals surface area contributed by atoms with Gasteiger partial charge in [0.15, 0.2) is 0 Å². The molecule has 20 heavy (non-hydrogen) atoms. The molecule has 0 aliphatic heterocycles. The van der Waals surface area contributed by atoms with Crippen LogP contribution >= 0.6 is 11.8 Å². The van der Waals surface area contributed by atoms with Crippen molar-refractivity contribution in [3.8, 4) is 0 Å². The Morgan fingerprint density at radius 1 is 1.40 bits per heavy atom. The number of nitrogens with one attached hydrogen (secondary N) is 1. The number of hydrogen-bond acceptors (Lipinski definition) is 3. The van der Waals surface area contributed by atoms with Gasteiger partial charge in [-0.15, -0.1) is 11.8 Å². The monoisotopic (exact) mass is 299 g/mol. The number of amides is 1. The first-order chi connectivity index (χ1) is 9.52. The van der Waals surface area contributed by atoms with Gasteiger partial charge in [-0.3, -0.25) is 9.59 Å². The average Bonchev–Trinajstić information content (AvgIpc) is 2.42. The summed E-state index contributed by atoms with van der Waals surface area (Å²) >= 11 is 1.12. The third-order valence-corrected chi connectivity index (χ3v) is 3.87. The summed E-state index contributed by atoms with van der Waals surface area (Å²) in [4.78, 5) is 22.7. The van der Waals surface area contributed by atoms with E-state index in [4.69, 9.17) is 5.11 Å². The van der Waals surface area contributed by atoms with Gasteiger partial charge in [-0.05, 0) is 18.1 Å². The molecule has 6 heteroatoms. The van der Waals surface area contributed by atoms with Crippen LogP contribution in [0.1, 0.15) is 19.8 Å². The molecule has 1 amide bonds. The van der Waals surface area contributed by atoms with Crippen LogP contribution in [0.25, 0.3) is 0 Å². The summed E-state index contributed by atoms with van der Waals surface area (Å²) in [5.74, 6) is -1.39. The Morgan fingerprint density at radius 2 is 2.10 bits per heavy atom. The third-order valence-electron chi connectivity index (χ3n) is 2.82. The first-order valence-corrected chi connectivity index (χ1v) is 7.37. The maximum atomic E-state index is 13.3. The molecular formula is C14H18FNO3S. The molecule has 1 aromatic carbocycles. The summed E-state index contributed by atoms with van der Waals surface area (Å²) in [6, 6.07) is 6.27. The third kappa shape index (κ3) is 6.06. The number of carboxylic acid groups (broad SMARTS) is 1. The molecule has 1 unspecified atom stereocenters. The van der Waals surface area contributed by atoms with Crippen LogP contribution in [0, 0.1) is 11.7 Å². The maximum absolute atomic E-state index is 13.3. The fraction of sp³-hybridized carbons (Fsp3) is 0.429. The minimum atomic E-state index is -0.869. The zero-order valence-electron chi connectivity index (χ0n) is 11.3. The lowest BCUT2D eigenvalue weighted by Crippen LogP contribution is -2.31. The number of carbonyl (C=O) groups excluding carboxylic acids is 1. The summed E-state index contributed by atoms with van der Waals surface area (Å²) in [6.07, 6.45) is 0.726. The SMILES string of the molecule is CCC(CNC(=O)CSc1ccccc1F)CC(=O)O. The van der Waals surface area contributed by atoms with Gasteiger partial charge in [0.1, 0.15) is 5.82 Å². The zero-order chi connectivity index (χ0) is 15.0. The molecule has 0 heterocycles. The van der Waals surface area contributed by atoms with E-state index in [2.05, 4.69) is 5.32 Å². The largest absolute Gasteiger partial charge is 0.481 e. The van der Waals surface area contributed by atoms with E-state index in [0.717, 1.165) is 11.8 Å². The second-order valence-electron chi connectivity index (χ2n) is 4.40. The van der Waals surface area contributed by atoms with Crippen LogP contribution in [0.4, 0.5) is 4.39 Å². The van der Waals surface area contributed by atoms with E-state index in [1.807, 2.05) is 6.92 Å². The normalized spacial score (nSPS) is 11.9. The summed E-state index contributed by atoms with van der Waals surface area (Å²) in [7, 11) is 0. The predicted octanol–water partition coefficient (Wildman–Crippen LogP) is 2.53. The minimum Gasteiger partial charge on any atom is -0.481 e. The van der Waals surface area contributed by atoms with Crippen molar-refractivity contribution < 1.29 is 19.1 Å². The summed E-state index contributed by atoms with van der Waals surface area (Å²) < 4.78 is 13.3. The van der Waals surface area contributed by atoms with Crippen LogP contribution in [-0.2, 0) is 9.59 Å². The first-order valence-electron chi connectivity index (χ1n) is 6.38. The molecule has 1 atom stereocenters. The van der Waals surface area contributed by atoms with Crippen molar-refractivity contribution in [2.45, 2.75) is 24.7 Å². The molecule has 0 aliphatic rings. The molecule has 0 aromatic heterocycles. The lowest BCUT2D eigenvalue weighted by atomic mass is 10.0. The van der Waals surface area contributed by atoms with Crippen molar-refractivity contribution in [1.82, 2.24) is 5.32 Å². The van der Waals surface area contributed by atoms with E-state index in [1.165, 1.54) is 6.07 Å². The van der Waals surface area contributed by atoms with Crippen molar-refractivity contribution >= 4 is 23.6 Å². The highest BCUT2D eigenvalue weighted by molar-refractivity contribution is 8.00. The Hall–Kier alpha value is -1.56. The van der Waals surface area contributed by atoms with Crippen LogP contribution in [0.3, 0.4) is 0 Å². The smallest absolute Gasteiger partial charge is 0.303 e. The highest BCUT2D eigenvalue weighted by Gasteiger charge is 2.13. The van der Waals surface area contributed by atoms with Gasteiger partial charge in [0.2, 0.25) is 5.91 Å². The van der Waals surface area contributed by atoms with E-state index < -0.39 is 5.97 Å². The summed E-state index contributed by atoms with van der Waals surface area (Å²) in [5, 5.41) is 11.4. The minimum absolute atomic E-state index is 0.0389. The van der Waals surface area contributed by atoms with Crippen LogP contribution in [0.5, 0.6) is 0 Å². The Balaban J connectivity index is 2.33. The van der Waals surface area contributed by atoms with Gasteiger partial charge >= 0.3 is 5.97 Å². The van der Waals surface area contributed by atoms with Crippen molar-refractivity contribution in [3.63, 3.8) is 0 Å². The number of benzene rings is 1. The lowest BCUT2D eigenvalue weighted by molar-refractivity contribution is -0.138. The number of rotatable bonds is 8. The predicted molar refractivity (Wildman–Crippen MR) is 76.2 cm³/mol. The van der Waals surface area contributed by atoms with Crippen molar-refractivity contribution in [2.75, 3.05) is 12.3 Å². The quantitative estimate of drug-likeness (QED) is 0.724. The Labute approximate surface area is 121 Å². The van der Waals surface area contributed by atoms with Crippen LogP contribution in [0.15, 0.2) is 29.2 Å². The lowest BCUT2D eigenvalue weighted by Gasteiger charge is -2.13. The van der Waals surface area contributed by atoms with Gasteiger partial charge in [0, 0.05) is 17.9 Å². The Kier molecular flexibility index (Phi) is 7.08. The van der Waals surface area contributed by atoms with Crippen molar-refractivity contribution in [3.05, 3.63) is 30.1 Å². The molecule has 110 valence electrons. The molecule has 2 N–H and O–H groups in total. The van der Waals surface area contributed by atoms with Crippen LogP contribution in [0.2, 0.25) is 0 Å². The number of carboxylic acids is 1. The number of carbonyl (C=O) groups is 2. The first kappa shape index (κ1) is 16.5. The van der Waals surface area contributed by atoms with Crippen molar-refractivity contribution in [1.29, 1.82) is 0 Å². The van der Waals surface area contributed by atoms with Gasteiger partial charge in [0.05, 0.1) is 5.75 Å². The zero-order valence-corrected chi connectivity index (χ0v) is 12.1. The van der Waals surface area contributed by atoms with E-state index in [0.29, 0.717) is 17.9 Å². The Bertz CT molecular complexity index is 467. The highest BCUT2D eigenvalue weighted by Crippen LogP contribution is 2.20. The van der Waals surface area contributed by atoms with Crippen LogP contribution < -0.4 is 5.32 Å². The standard InChI is InChI=1S/C14H18FNO3S/c1-2-10(7-14(18)19)8-16-13(17)9-20-12-6-4-3-5-11(12)15/h3-6,10H,2,7-9H2,1H3,(H,16,17)(H,18,19). The summed E-state index contributed by atoms with van der Waals surface area (Å²) in [5.41, 5.74) is 0. The van der Waals surface area contributed by atoms with Gasteiger partial charge in [-0.1, -0.05) is 25.5 Å². The Morgan fingerprint density at radius 3 is 2.70 bits per heavy atom. The molecule has 0 fully saturated rings. The molecule has 1 aromatic rings. The van der Waals surface area contributed by atoms with Gasteiger partial charge in [0.25, 0.3) is 0 Å². The second-order valence-corrected chi connectivity index (χ2v) is 5.41. The van der Waals surface area contributed by atoms with E-state index in [9.17, 15) is 14.0 Å². The molecule has 0 saturated heterocycles. The highest BCUT2D eigenvalue weighted by atomic mass is 32.2. The molecular weight excluding hydrogens is 281 g/mol. The topological polar surface area (TPSA) is 66.4 Å². The molecule has 0 spiro atoms. The molecule has 1 rings (SSSR count). The van der Waals surface area contributed by atoms with E-state index >= 15 is 0 Å². The van der Waals surface area contributed by atoms with E-state index in [-0.39, 0.29) is 29.8 Å². The van der Waals surface area contributed by atoms with E-state index in [1.54, 1.807) is 18.2 Å². The van der Waals surface area contributed by atoms with Crippen molar-refractivity contribution in [2.24, 2.45) is 5.92 Å². The number of aliphatic carboxylic acids is 1. The van der Waals surface area contributed by atoms with Gasteiger partial charge in [-0.25, -0.2) is 4.39 Å². The molecule has 0 bridgehead atoms. The number of halogens is 1. The van der Waals surface area contributed by atoms with Crippen LogP contribution in [-0.4, -0.2) is 29.3 Å². The number of hydrogen-bond donors (Lipinski definition) is 2. The fourth-order valence-electron chi connectivity index (χ4n) is 1.62. The molecule has 0 saturated carbocycles. The fourth-order valence-corrected chi connectivity index (χ4v) is 2.39. The average molecular weight is 299 g/mol. The summed E-state index contributed by atoms with van der Waals surface area (Å²) in [6.45, 7) is 2.22. The number of thioether (sulfide) groups is 1.